The number of aromatic nitrogens is 6. The lowest BCUT2D eigenvalue weighted by Crippen LogP contribution is -1.97. The molecule has 0 N–H and O–H groups in total. The number of methoxy groups -OCH3 is 1. The highest BCUT2D eigenvalue weighted by molar-refractivity contribution is 5.92. The first-order chi connectivity index (χ1) is 15.5. The van der Waals surface area contributed by atoms with Crippen molar-refractivity contribution < 1.29 is 17.9 Å². The number of benzene rings is 2. The van der Waals surface area contributed by atoms with Crippen LogP contribution in [0.1, 0.15) is 13.5 Å². The van der Waals surface area contributed by atoms with Crippen LogP contribution in [0, 0.1) is 5.82 Å². The summed E-state index contributed by atoms with van der Waals surface area (Å²) in [4.78, 5) is 4.44. The maximum Gasteiger partial charge on any atom is 0.333 e. The summed E-state index contributed by atoms with van der Waals surface area (Å²) in [6.07, 6.45) is 4.49. The second kappa shape index (κ2) is 7.63. The number of aryl methyl sites for hydroxylation is 1. The van der Waals surface area contributed by atoms with Gasteiger partial charge in [0.1, 0.15) is 17.1 Å². The lowest BCUT2D eigenvalue weighted by Gasteiger charge is -2.12. The van der Waals surface area contributed by atoms with Crippen molar-refractivity contribution in [2.75, 3.05) is 7.11 Å². The quantitative estimate of drug-likeness (QED) is 0.383. The fourth-order valence-electron chi connectivity index (χ4n) is 3.77. The zero-order chi connectivity index (χ0) is 22.4. The summed E-state index contributed by atoms with van der Waals surface area (Å²) in [6.45, 7) is -0.113. The van der Waals surface area contributed by atoms with Gasteiger partial charge in [-0.25, -0.2) is 14.1 Å². The molecule has 7 nitrogen and oxygen atoms in total. The third-order valence-corrected chi connectivity index (χ3v) is 5.36. The molecule has 0 saturated carbocycles. The van der Waals surface area contributed by atoms with Crippen molar-refractivity contribution in [1.29, 1.82) is 0 Å². The summed E-state index contributed by atoms with van der Waals surface area (Å²) in [5.41, 5.74) is 3.68. The number of halogens is 3. The average Bonchev–Trinajstić information content (AvgIpc) is 3.42. The van der Waals surface area contributed by atoms with Gasteiger partial charge in [-0.2, -0.15) is 19.0 Å². The molecule has 0 aliphatic carbocycles. The van der Waals surface area contributed by atoms with Gasteiger partial charge in [-0.3, -0.25) is 0 Å². The van der Waals surface area contributed by atoms with E-state index in [4.69, 9.17) is 4.74 Å². The van der Waals surface area contributed by atoms with E-state index in [-0.39, 0.29) is 5.56 Å². The molecule has 0 bridgehead atoms. The number of hydrogen-bond donors (Lipinski definition) is 0. The second-order valence-corrected chi connectivity index (χ2v) is 7.15. The molecule has 0 spiro atoms. The predicted octanol–water partition coefficient (Wildman–Crippen LogP) is 5.07. The van der Waals surface area contributed by atoms with Crippen molar-refractivity contribution in [3.05, 3.63) is 54.9 Å². The summed E-state index contributed by atoms with van der Waals surface area (Å²) in [5, 5.41) is 12.5. The molecule has 0 fully saturated rings. The molecule has 0 saturated heterocycles. The van der Waals surface area contributed by atoms with E-state index in [2.05, 4.69) is 20.3 Å². The Hall–Kier alpha value is -3.95. The van der Waals surface area contributed by atoms with Gasteiger partial charge in [0, 0.05) is 40.9 Å². The largest absolute Gasteiger partial charge is 0.496 e. The first-order valence-electron chi connectivity index (χ1n) is 9.82. The van der Waals surface area contributed by atoms with E-state index >= 15 is 0 Å². The van der Waals surface area contributed by atoms with Crippen LogP contribution in [0.3, 0.4) is 0 Å². The van der Waals surface area contributed by atoms with E-state index in [1.165, 1.54) is 25.4 Å². The van der Waals surface area contributed by atoms with Crippen LogP contribution >= 0.6 is 0 Å². The van der Waals surface area contributed by atoms with Crippen molar-refractivity contribution in [3.8, 4) is 28.0 Å². The van der Waals surface area contributed by atoms with E-state index in [9.17, 15) is 13.2 Å². The molecule has 3 aromatic heterocycles. The van der Waals surface area contributed by atoms with Crippen molar-refractivity contribution in [3.63, 3.8) is 0 Å². The Bertz CT molecular complexity index is 1460. The summed E-state index contributed by atoms with van der Waals surface area (Å²) in [5.74, 6) is -0.161. The van der Waals surface area contributed by atoms with Crippen LogP contribution in [-0.4, -0.2) is 36.6 Å². The standard InChI is InChI=1S/C22H17F3N6O/c1-3-30-11-26-20-16(9-27-28-21(20)30)12-4-5-17(23)14(6-12)15-7-13-10-31(22(24)25)29-18(13)8-19(15)32-2/h4-11,22H,3H2,1-2H3. The summed E-state index contributed by atoms with van der Waals surface area (Å²) in [7, 11) is 1.43. The minimum atomic E-state index is -2.78. The predicted molar refractivity (Wildman–Crippen MR) is 113 cm³/mol. The summed E-state index contributed by atoms with van der Waals surface area (Å²) in [6, 6.07) is 7.76. The van der Waals surface area contributed by atoms with E-state index < -0.39 is 12.4 Å². The molecule has 0 radical (unpaired) electrons. The van der Waals surface area contributed by atoms with Gasteiger partial charge in [0.05, 0.1) is 25.2 Å². The highest BCUT2D eigenvalue weighted by Gasteiger charge is 2.18. The Morgan fingerprint density at radius 1 is 1.09 bits per heavy atom. The highest BCUT2D eigenvalue weighted by Crippen LogP contribution is 2.38. The number of fused-ring (bicyclic) bond motifs is 2. The molecule has 5 aromatic rings. The highest BCUT2D eigenvalue weighted by atomic mass is 19.3. The zero-order valence-corrected chi connectivity index (χ0v) is 17.1. The maximum atomic E-state index is 14.9. The van der Waals surface area contributed by atoms with Crippen LogP contribution in [0.5, 0.6) is 5.75 Å². The first-order valence-corrected chi connectivity index (χ1v) is 9.82. The number of rotatable bonds is 5. The Morgan fingerprint density at radius 3 is 2.69 bits per heavy atom. The van der Waals surface area contributed by atoms with Crippen molar-refractivity contribution in [2.45, 2.75) is 20.0 Å². The van der Waals surface area contributed by atoms with Gasteiger partial charge in [0.15, 0.2) is 5.65 Å². The van der Waals surface area contributed by atoms with Gasteiger partial charge < -0.3 is 9.30 Å². The molecular formula is C22H17F3N6O. The average molecular weight is 438 g/mol. The van der Waals surface area contributed by atoms with E-state index in [1.807, 2.05) is 11.5 Å². The monoisotopic (exact) mass is 438 g/mol. The topological polar surface area (TPSA) is 70.7 Å². The molecule has 162 valence electrons. The van der Waals surface area contributed by atoms with E-state index in [1.54, 1.807) is 30.7 Å². The molecule has 3 heterocycles. The first kappa shape index (κ1) is 20.0. The lowest BCUT2D eigenvalue weighted by atomic mass is 9.97. The van der Waals surface area contributed by atoms with Gasteiger partial charge in [-0.1, -0.05) is 6.07 Å². The zero-order valence-electron chi connectivity index (χ0n) is 17.1. The Morgan fingerprint density at radius 2 is 1.94 bits per heavy atom. The fraction of sp³-hybridized carbons (Fsp3) is 0.182. The lowest BCUT2D eigenvalue weighted by molar-refractivity contribution is 0.0573. The maximum absolute atomic E-state index is 14.9. The van der Waals surface area contributed by atoms with Gasteiger partial charge >= 0.3 is 6.55 Å². The molecule has 0 unspecified atom stereocenters. The van der Waals surface area contributed by atoms with Gasteiger partial charge in [0.25, 0.3) is 0 Å². The number of nitrogens with zero attached hydrogens (tertiary/aromatic N) is 6. The molecule has 5 rings (SSSR count). The van der Waals surface area contributed by atoms with Crippen LogP contribution in [0.15, 0.2) is 49.1 Å². The van der Waals surface area contributed by atoms with Crippen LogP contribution in [0.2, 0.25) is 0 Å². The van der Waals surface area contributed by atoms with Gasteiger partial charge in [0.2, 0.25) is 0 Å². The third-order valence-electron chi connectivity index (χ3n) is 5.36. The molecule has 0 atom stereocenters. The minimum absolute atomic E-state index is 0.255. The molecule has 32 heavy (non-hydrogen) atoms. The smallest absolute Gasteiger partial charge is 0.333 e. The van der Waals surface area contributed by atoms with E-state index in [0.717, 1.165) is 0 Å². The number of alkyl halides is 2. The van der Waals surface area contributed by atoms with Crippen LogP contribution < -0.4 is 4.74 Å². The second-order valence-electron chi connectivity index (χ2n) is 7.15. The Balaban J connectivity index is 1.70. The SMILES string of the molecule is CCn1cnc2c(-c3ccc(F)c(-c4cc5cn(C(F)F)nc5cc4OC)c3)cnnc21. The van der Waals surface area contributed by atoms with Crippen LogP contribution in [0.4, 0.5) is 13.2 Å². The number of ether oxygens (including phenoxy) is 1. The van der Waals surface area contributed by atoms with Crippen molar-refractivity contribution in [1.82, 2.24) is 29.5 Å². The number of imidazole rings is 1. The van der Waals surface area contributed by atoms with Gasteiger partial charge in [-0.05, 0) is 30.7 Å². The molecule has 0 aliphatic rings. The molecule has 2 aromatic carbocycles. The summed E-state index contributed by atoms with van der Waals surface area (Å²) >= 11 is 0. The van der Waals surface area contributed by atoms with Crippen LogP contribution in [0.25, 0.3) is 44.3 Å². The Labute approximate surface area is 180 Å². The molecular weight excluding hydrogens is 421 g/mol. The van der Waals surface area contributed by atoms with Gasteiger partial charge in [-0.15, -0.1) is 5.10 Å². The summed E-state index contributed by atoms with van der Waals surface area (Å²) < 4.78 is 48.9. The van der Waals surface area contributed by atoms with Crippen LogP contribution in [-0.2, 0) is 6.54 Å². The molecule has 0 amide bonds. The molecule has 10 heteroatoms. The normalized spacial score (nSPS) is 11.7. The van der Waals surface area contributed by atoms with E-state index in [0.29, 0.717) is 55.7 Å². The molecule has 0 aliphatic heterocycles. The minimum Gasteiger partial charge on any atom is -0.496 e. The third kappa shape index (κ3) is 3.15. The fourth-order valence-corrected chi connectivity index (χ4v) is 3.77. The van der Waals surface area contributed by atoms with Crippen molar-refractivity contribution in [2.24, 2.45) is 0 Å². The Kier molecular flexibility index (Phi) is 4.76. The number of hydrogen-bond acceptors (Lipinski definition) is 5. The van der Waals surface area contributed by atoms with Crippen molar-refractivity contribution >= 4 is 22.1 Å².